The molecule has 0 spiro atoms. The Bertz CT molecular complexity index is 4060. The summed E-state index contributed by atoms with van der Waals surface area (Å²) in [5.41, 5.74) is 9.83. The molecule has 0 aliphatic carbocycles. The van der Waals surface area contributed by atoms with Crippen LogP contribution in [0.15, 0.2) is 243 Å². The second kappa shape index (κ2) is 14.5. The molecule has 0 radical (unpaired) electrons. The van der Waals surface area contributed by atoms with E-state index in [0.717, 1.165) is 0 Å². The van der Waals surface area contributed by atoms with Crippen molar-refractivity contribution in [1.82, 2.24) is 0 Å². The van der Waals surface area contributed by atoms with Gasteiger partial charge in [-0.25, -0.2) is 0 Å². The van der Waals surface area contributed by atoms with Crippen molar-refractivity contribution in [3.63, 3.8) is 0 Å². The van der Waals surface area contributed by atoms with Crippen LogP contribution in [0.1, 0.15) is 0 Å². The van der Waals surface area contributed by atoms with Crippen LogP contribution >= 0.6 is 0 Å². The van der Waals surface area contributed by atoms with Gasteiger partial charge in [0.2, 0.25) is 0 Å². The summed E-state index contributed by atoms with van der Waals surface area (Å²) >= 11 is 0. The minimum atomic E-state index is 1.22. The summed E-state index contributed by atoms with van der Waals surface area (Å²) in [5, 5.41) is 22.9. The van der Waals surface area contributed by atoms with Gasteiger partial charge in [-0.3, -0.25) is 0 Å². The molecule has 14 aromatic rings. The van der Waals surface area contributed by atoms with Crippen LogP contribution in [0.4, 0.5) is 0 Å². The van der Waals surface area contributed by atoms with Crippen LogP contribution in [0, 0.1) is 0 Å². The summed E-state index contributed by atoms with van der Waals surface area (Å²) in [6.07, 6.45) is 0. The normalized spacial score (nSPS) is 11.9. The molecule has 0 heterocycles. The Morgan fingerprint density at radius 1 is 0.136 bits per heavy atom. The van der Waals surface area contributed by atoms with E-state index >= 15 is 0 Å². The maximum absolute atomic E-state index is 2.45. The Labute approximate surface area is 382 Å². The summed E-state index contributed by atoms with van der Waals surface area (Å²) in [5.74, 6) is 0. The van der Waals surface area contributed by atoms with Crippen LogP contribution < -0.4 is 0 Å². The number of benzene rings is 14. The molecule has 0 atom stereocenters. The molecule has 0 amide bonds. The smallest absolute Gasteiger partial charge is 0.00137 e. The van der Waals surface area contributed by atoms with Crippen LogP contribution in [0.5, 0.6) is 0 Å². The highest BCUT2D eigenvalue weighted by molar-refractivity contribution is 6.39. The van der Waals surface area contributed by atoms with Gasteiger partial charge in [0.1, 0.15) is 0 Å². The van der Waals surface area contributed by atoms with E-state index in [2.05, 4.69) is 243 Å². The average molecular weight is 833 g/mol. The van der Waals surface area contributed by atoms with Crippen molar-refractivity contribution < 1.29 is 0 Å². The summed E-state index contributed by atoms with van der Waals surface area (Å²) in [4.78, 5) is 0. The molecule has 0 N–H and O–H groups in total. The Morgan fingerprint density at radius 3 is 0.712 bits per heavy atom. The third-order valence-corrected chi connectivity index (χ3v) is 14.3. The molecule has 0 unspecified atom stereocenters. The largest absolute Gasteiger partial charge is 0.0616 e. The quantitative estimate of drug-likeness (QED) is 0.155. The number of fused-ring (bicyclic) bond motifs is 15. The standard InChI is InChI=1S/C66H40/c1-3-11-43-33-45(19-17-41(43)9-1)47-21-23-51-37-53(27-25-49(51)35-47)55-29-31-59-60-32-30-56(40-64(60)66-62-16-8-6-14-58(62)57-13-5-7-15-61(57)65(66)63(59)39-55)54-28-26-50-36-48(22-24-52(50)38-54)46-20-18-42-10-2-4-12-44(42)34-46/h1-40H. The van der Waals surface area contributed by atoms with E-state index in [0.29, 0.717) is 0 Å². The summed E-state index contributed by atoms with van der Waals surface area (Å²) in [6, 6.07) is 90.6. The van der Waals surface area contributed by atoms with Gasteiger partial charge in [0.15, 0.2) is 0 Å². The zero-order chi connectivity index (χ0) is 43.3. The molecule has 0 bridgehead atoms. The fourth-order valence-corrected chi connectivity index (χ4v) is 11.0. The first kappa shape index (κ1) is 36.9. The molecular weight excluding hydrogens is 793 g/mol. The van der Waals surface area contributed by atoms with Gasteiger partial charge in [0.25, 0.3) is 0 Å². The van der Waals surface area contributed by atoms with Gasteiger partial charge >= 0.3 is 0 Å². The molecule has 0 saturated carbocycles. The van der Waals surface area contributed by atoms with Crippen LogP contribution in [0.25, 0.3) is 141 Å². The van der Waals surface area contributed by atoms with E-state index in [1.165, 1.54) is 141 Å². The van der Waals surface area contributed by atoms with Gasteiger partial charge in [-0.2, -0.15) is 0 Å². The van der Waals surface area contributed by atoms with Gasteiger partial charge in [-0.15, -0.1) is 0 Å². The molecule has 66 heavy (non-hydrogen) atoms. The molecular formula is C66H40. The zero-order valence-corrected chi connectivity index (χ0v) is 36.1. The molecule has 0 aliphatic rings. The van der Waals surface area contributed by atoms with Gasteiger partial charge in [0.05, 0.1) is 0 Å². The SMILES string of the molecule is c1ccc2cc(-c3ccc4cc(-c5ccc6c7ccc(-c8ccc9cc(-c%10ccc%11ccccc%11c%10)ccc9c8)cc7c7c8ccccc8c8ccccc8c7c6c5)ccc4c3)ccc2c1. The van der Waals surface area contributed by atoms with Crippen LogP contribution in [-0.2, 0) is 0 Å². The summed E-state index contributed by atoms with van der Waals surface area (Å²) in [7, 11) is 0. The number of hydrogen-bond donors (Lipinski definition) is 0. The fraction of sp³-hybridized carbons (Fsp3) is 0. The highest BCUT2D eigenvalue weighted by Gasteiger charge is 2.18. The van der Waals surface area contributed by atoms with Gasteiger partial charge in [-0.1, -0.05) is 194 Å². The lowest BCUT2D eigenvalue weighted by molar-refractivity contribution is 1.65. The van der Waals surface area contributed by atoms with Crippen molar-refractivity contribution in [3.05, 3.63) is 243 Å². The Morgan fingerprint density at radius 2 is 0.364 bits per heavy atom. The first-order valence-corrected chi connectivity index (χ1v) is 23.0. The third kappa shape index (κ3) is 5.86. The lowest BCUT2D eigenvalue weighted by atomic mass is 9.85. The molecule has 304 valence electrons. The van der Waals surface area contributed by atoms with E-state index in [4.69, 9.17) is 0 Å². The molecule has 14 aromatic carbocycles. The Kier molecular flexibility index (Phi) is 8.08. The van der Waals surface area contributed by atoms with E-state index in [1.54, 1.807) is 0 Å². The van der Waals surface area contributed by atoms with E-state index in [9.17, 15) is 0 Å². The fourth-order valence-electron chi connectivity index (χ4n) is 11.0. The van der Waals surface area contributed by atoms with Crippen molar-refractivity contribution in [2.24, 2.45) is 0 Å². The lowest BCUT2D eigenvalue weighted by Gasteiger charge is -2.18. The molecule has 0 nitrogen and oxygen atoms in total. The number of rotatable bonds is 4. The first-order valence-electron chi connectivity index (χ1n) is 23.0. The lowest BCUT2D eigenvalue weighted by Crippen LogP contribution is -1.90. The minimum absolute atomic E-state index is 1.22. The summed E-state index contributed by atoms with van der Waals surface area (Å²) < 4.78 is 0. The van der Waals surface area contributed by atoms with Gasteiger partial charge < -0.3 is 0 Å². The van der Waals surface area contributed by atoms with E-state index < -0.39 is 0 Å². The Balaban J connectivity index is 0.918. The molecule has 0 aliphatic heterocycles. The van der Waals surface area contributed by atoms with Crippen molar-refractivity contribution in [2.75, 3.05) is 0 Å². The third-order valence-electron chi connectivity index (χ3n) is 14.3. The Hall–Kier alpha value is -8.58. The maximum Gasteiger partial charge on any atom is -0.00137 e. The molecule has 14 rings (SSSR count). The predicted octanol–water partition coefficient (Wildman–Crippen LogP) is 18.7. The monoisotopic (exact) mass is 832 g/mol. The zero-order valence-electron chi connectivity index (χ0n) is 36.1. The van der Waals surface area contributed by atoms with Gasteiger partial charge in [0, 0.05) is 0 Å². The van der Waals surface area contributed by atoms with Crippen molar-refractivity contribution >= 4 is 97.0 Å². The van der Waals surface area contributed by atoms with Crippen molar-refractivity contribution in [3.8, 4) is 44.5 Å². The molecule has 0 aromatic heterocycles. The van der Waals surface area contributed by atoms with Crippen LogP contribution in [-0.4, -0.2) is 0 Å². The van der Waals surface area contributed by atoms with Gasteiger partial charge in [-0.05, 0) is 190 Å². The maximum atomic E-state index is 2.45. The second-order valence-corrected chi connectivity index (χ2v) is 18.0. The molecule has 0 fully saturated rings. The average Bonchev–Trinajstić information content (AvgIpc) is 3.39. The van der Waals surface area contributed by atoms with E-state index in [1.807, 2.05) is 0 Å². The molecule has 0 heteroatoms. The first-order chi connectivity index (χ1) is 32.7. The second-order valence-electron chi connectivity index (χ2n) is 18.0. The topological polar surface area (TPSA) is 0 Å². The van der Waals surface area contributed by atoms with E-state index in [-0.39, 0.29) is 0 Å². The van der Waals surface area contributed by atoms with Crippen LogP contribution in [0.2, 0.25) is 0 Å². The molecule has 0 saturated heterocycles. The minimum Gasteiger partial charge on any atom is -0.0616 e. The van der Waals surface area contributed by atoms with Crippen LogP contribution in [0.3, 0.4) is 0 Å². The van der Waals surface area contributed by atoms with Crippen molar-refractivity contribution in [1.29, 1.82) is 0 Å². The highest BCUT2D eigenvalue weighted by Crippen LogP contribution is 2.46. The summed E-state index contributed by atoms with van der Waals surface area (Å²) in [6.45, 7) is 0. The van der Waals surface area contributed by atoms with Crippen molar-refractivity contribution in [2.45, 2.75) is 0 Å². The predicted molar refractivity (Wildman–Crippen MR) is 286 cm³/mol. The highest BCUT2D eigenvalue weighted by atomic mass is 14.2. The number of hydrogen-bond acceptors (Lipinski definition) is 0.